The van der Waals surface area contributed by atoms with Crippen LogP contribution < -0.4 is 11.1 Å². The Labute approximate surface area is 126 Å². The van der Waals surface area contributed by atoms with Crippen LogP contribution in [0.5, 0.6) is 0 Å². The van der Waals surface area contributed by atoms with Gasteiger partial charge < -0.3 is 15.5 Å². The summed E-state index contributed by atoms with van der Waals surface area (Å²) in [5.41, 5.74) is 7.48. The largest absolute Gasteiger partial charge is 0.366 e. The van der Waals surface area contributed by atoms with E-state index in [1.807, 2.05) is 35.0 Å². The van der Waals surface area contributed by atoms with E-state index in [-0.39, 0.29) is 5.91 Å². The van der Waals surface area contributed by atoms with Crippen LogP contribution >= 0.6 is 0 Å². The standard InChI is InChI=1S/C16H14N4O2/c17-15(21)11-4-3-5-12(8-11)16(22)18-9-13-10-20-7-2-1-6-14(20)19-13/h1-8,10H,9H2,(H2,17,21)(H,18,22). The molecule has 0 bridgehead atoms. The van der Waals surface area contributed by atoms with E-state index in [0.717, 1.165) is 11.3 Å². The van der Waals surface area contributed by atoms with E-state index in [1.54, 1.807) is 18.2 Å². The van der Waals surface area contributed by atoms with Crippen LogP contribution in [0.4, 0.5) is 0 Å². The summed E-state index contributed by atoms with van der Waals surface area (Å²) in [4.78, 5) is 27.6. The van der Waals surface area contributed by atoms with Crippen LogP contribution in [0, 0.1) is 0 Å². The Morgan fingerprint density at radius 2 is 1.95 bits per heavy atom. The molecule has 6 nitrogen and oxygen atoms in total. The van der Waals surface area contributed by atoms with Crippen molar-refractivity contribution in [2.75, 3.05) is 0 Å². The van der Waals surface area contributed by atoms with Gasteiger partial charge in [-0.15, -0.1) is 0 Å². The lowest BCUT2D eigenvalue weighted by Gasteiger charge is -2.04. The summed E-state index contributed by atoms with van der Waals surface area (Å²) in [7, 11) is 0. The fraction of sp³-hybridized carbons (Fsp3) is 0.0625. The van der Waals surface area contributed by atoms with Crippen LogP contribution in [0.2, 0.25) is 0 Å². The monoisotopic (exact) mass is 294 g/mol. The number of nitrogens with one attached hydrogen (secondary N) is 1. The zero-order valence-electron chi connectivity index (χ0n) is 11.7. The van der Waals surface area contributed by atoms with E-state index in [4.69, 9.17) is 5.73 Å². The lowest BCUT2D eigenvalue weighted by molar-refractivity contribution is 0.0950. The third kappa shape index (κ3) is 2.80. The lowest BCUT2D eigenvalue weighted by atomic mass is 10.1. The highest BCUT2D eigenvalue weighted by Crippen LogP contribution is 2.07. The van der Waals surface area contributed by atoms with E-state index >= 15 is 0 Å². The number of hydrogen-bond donors (Lipinski definition) is 2. The normalized spacial score (nSPS) is 10.5. The van der Waals surface area contributed by atoms with Gasteiger partial charge >= 0.3 is 0 Å². The predicted molar refractivity (Wildman–Crippen MR) is 81.3 cm³/mol. The fourth-order valence-electron chi connectivity index (χ4n) is 2.16. The lowest BCUT2D eigenvalue weighted by Crippen LogP contribution is -2.23. The number of hydrogen-bond acceptors (Lipinski definition) is 3. The third-order valence-corrected chi connectivity index (χ3v) is 3.25. The number of primary amides is 1. The van der Waals surface area contributed by atoms with Crippen molar-refractivity contribution in [3.8, 4) is 0 Å². The van der Waals surface area contributed by atoms with Crippen molar-refractivity contribution < 1.29 is 9.59 Å². The maximum atomic E-state index is 12.1. The second-order valence-corrected chi connectivity index (χ2v) is 4.83. The number of rotatable bonds is 4. The SMILES string of the molecule is NC(=O)c1cccc(C(=O)NCc2cn3ccccc3n2)c1. The maximum absolute atomic E-state index is 12.1. The Hall–Kier alpha value is -3.15. The minimum atomic E-state index is -0.560. The summed E-state index contributed by atoms with van der Waals surface area (Å²) in [6, 6.07) is 12.0. The van der Waals surface area contributed by atoms with Gasteiger partial charge in [-0.05, 0) is 30.3 Å². The summed E-state index contributed by atoms with van der Waals surface area (Å²) < 4.78 is 1.88. The first-order chi connectivity index (χ1) is 10.6. The highest BCUT2D eigenvalue weighted by atomic mass is 16.2. The number of pyridine rings is 1. The summed E-state index contributed by atoms with van der Waals surface area (Å²) >= 11 is 0. The number of carbonyl (C=O) groups excluding carboxylic acids is 2. The molecular formula is C16H14N4O2. The van der Waals surface area contributed by atoms with Crippen molar-refractivity contribution in [1.82, 2.24) is 14.7 Å². The molecule has 3 aromatic rings. The van der Waals surface area contributed by atoms with Crippen molar-refractivity contribution in [3.05, 3.63) is 71.7 Å². The van der Waals surface area contributed by atoms with E-state index < -0.39 is 5.91 Å². The number of nitrogens with two attached hydrogens (primary N) is 1. The first-order valence-corrected chi connectivity index (χ1v) is 6.74. The number of benzene rings is 1. The van der Waals surface area contributed by atoms with Crippen molar-refractivity contribution in [2.24, 2.45) is 5.73 Å². The van der Waals surface area contributed by atoms with E-state index in [1.165, 1.54) is 6.07 Å². The molecule has 0 radical (unpaired) electrons. The molecule has 0 atom stereocenters. The number of aromatic nitrogens is 2. The molecule has 0 spiro atoms. The zero-order valence-corrected chi connectivity index (χ0v) is 11.7. The molecule has 2 aromatic heterocycles. The van der Waals surface area contributed by atoms with Gasteiger partial charge in [0, 0.05) is 23.5 Å². The topological polar surface area (TPSA) is 89.5 Å². The van der Waals surface area contributed by atoms with Crippen LogP contribution in [-0.4, -0.2) is 21.2 Å². The van der Waals surface area contributed by atoms with Crippen molar-refractivity contribution in [1.29, 1.82) is 0 Å². The number of nitrogens with zero attached hydrogens (tertiary/aromatic N) is 2. The average molecular weight is 294 g/mol. The Kier molecular flexibility index (Phi) is 3.57. The van der Waals surface area contributed by atoms with Gasteiger partial charge in [0.15, 0.2) is 0 Å². The Balaban J connectivity index is 1.71. The number of fused-ring (bicyclic) bond motifs is 1. The first kappa shape index (κ1) is 13.8. The molecule has 2 amide bonds. The van der Waals surface area contributed by atoms with E-state index in [9.17, 15) is 9.59 Å². The summed E-state index contributed by atoms with van der Waals surface area (Å²) in [5.74, 6) is -0.838. The van der Waals surface area contributed by atoms with E-state index in [2.05, 4.69) is 10.3 Å². The highest BCUT2D eigenvalue weighted by Gasteiger charge is 2.09. The zero-order chi connectivity index (χ0) is 15.5. The Morgan fingerprint density at radius 3 is 2.73 bits per heavy atom. The van der Waals surface area contributed by atoms with Crippen molar-refractivity contribution >= 4 is 17.5 Å². The van der Waals surface area contributed by atoms with E-state index in [0.29, 0.717) is 17.7 Å². The van der Waals surface area contributed by atoms with Gasteiger partial charge in [0.1, 0.15) is 5.65 Å². The smallest absolute Gasteiger partial charge is 0.251 e. The Bertz CT molecular complexity index is 821. The predicted octanol–water partition coefficient (Wildman–Crippen LogP) is 1.36. The van der Waals surface area contributed by atoms with Gasteiger partial charge in [0.25, 0.3) is 5.91 Å². The van der Waals surface area contributed by atoms with Gasteiger partial charge in [0.2, 0.25) is 5.91 Å². The second kappa shape index (κ2) is 5.69. The van der Waals surface area contributed by atoms with Crippen LogP contribution in [0.15, 0.2) is 54.9 Å². The minimum absolute atomic E-state index is 0.278. The minimum Gasteiger partial charge on any atom is -0.366 e. The molecule has 0 unspecified atom stereocenters. The molecule has 0 aliphatic carbocycles. The van der Waals surface area contributed by atoms with Gasteiger partial charge in [-0.1, -0.05) is 12.1 Å². The fourth-order valence-corrected chi connectivity index (χ4v) is 2.16. The second-order valence-electron chi connectivity index (χ2n) is 4.83. The molecule has 3 N–H and O–H groups in total. The van der Waals surface area contributed by atoms with Crippen LogP contribution in [0.25, 0.3) is 5.65 Å². The molecule has 0 aliphatic heterocycles. The van der Waals surface area contributed by atoms with Crippen molar-refractivity contribution in [2.45, 2.75) is 6.54 Å². The molecule has 0 saturated carbocycles. The molecule has 1 aromatic carbocycles. The molecule has 2 heterocycles. The van der Waals surface area contributed by atoms with Crippen LogP contribution in [0.3, 0.4) is 0 Å². The quantitative estimate of drug-likeness (QED) is 0.761. The number of amides is 2. The first-order valence-electron chi connectivity index (χ1n) is 6.74. The molecule has 6 heteroatoms. The van der Waals surface area contributed by atoms with Crippen LogP contribution in [0.1, 0.15) is 26.4 Å². The third-order valence-electron chi connectivity index (χ3n) is 3.25. The number of imidazole rings is 1. The number of carbonyl (C=O) groups is 2. The molecule has 110 valence electrons. The van der Waals surface area contributed by atoms with Crippen LogP contribution in [-0.2, 0) is 6.54 Å². The van der Waals surface area contributed by atoms with Gasteiger partial charge in [0.05, 0.1) is 12.2 Å². The highest BCUT2D eigenvalue weighted by molar-refractivity contribution is 5.99. The van der Waals surface area contributed by atoms with Crippen molar-refractivity contribution in [3.63, 3.8) is 0 Å². The summed E-state index contributed by atoms with van der Waals surface area (Å²) in [5, 5.41) is 2.78. The molecular weight excluding hydrogens is 280 g/mol. The Morgan fingerprint density at radius 1 is 1.14 bits per heavy atom. The molecule has 0 fully saturated rings. The van der Waals surface area contributed by atoms with Gasteiger partial charge in [-0.25, -0.2) is 4.98 Å². The molecule has 0 aliphatic rings. The van der Waals surface area contributed by atoms with Gasteiger partial charge in [-0.2, -0.15) is 0 Å². The average Bonchev–Trinajstić information content (AvgIpc) is 2.95. The molecule has 22 heavy (non-hydrogen) atoms. The molecule has 3 rings (SSSR count). The summed E-state index contributed by atoms with van der Waals surface area (Å²) in [6.45, 7) is 0.307. The molecule has 0 saturated heterocycles. The maximum Gasteiger partial charge on any atom is 0.251 e. The summed E-state index contributed by atoms with van der Waals surface area (Å²) in [6.07, 6.45) is 3.75. The van der Waals surface area contributed by atoms with Gasteiger partial charge in [-0.3, -0.25) is 9.59 Å².